The number of halogens is 2. The van der Waals surface area contributed by atoms with Crippen LogP contribution in [0.3, 0.4) is 0 Å². The van der Waals surface area contributed by atoms with Gasteiger partial charge in [-0.3, -0.25) is 4.79 Å². The maximum Gasteiger partial charge on any atom is 0.252 e. The lowest BCUT2D eigenvalue weighted by Gasteiger charge is -2.13. The van der Waals surface area contributed by atoms with Crippen molar-refractivity contribution in [1.29, 1.82) is 0 Å². The summed E-state index contributed by atoms with van der Waals surface area (Å²) in [6.45, 7) is 1.38. The maximum atomic E-state index is 12.5. The van der Waals surface area contributed by atoms with Crippen molar-refractivity contribution >= 4 is 50.5 Å². The number of thiophene rings is 1. The summed E-state index contributed by atoms with van der Waals surface area (Å²) in [6, 6.07) is 7.92. The van der Waals surface area contributed by atoms with Crippen molar-refractivity contribution in [2.24, 2.45) is 0 Å². The monoisotopic (exact) mass is 418 g/mol. The number of hydrogen-bond donors (Lipinski definition) is 1. The smallest absolute Gasteiger partial charge is 0.252 e. The van der Waals surface area contributed by atoms with E-state index in [-0.39, 0.29) is 12.5 Å². The van der Waals surface area contributed by atoms with Crippen molar-refractivity contribution in [3.05, 3.63) is 50.8 Å². The largest absolute Gasteiger partial charge is 0.347 e. The Kier molecular flexibility index (Phi) is 5.70. The van der Waals surface area contributed by atoms with Crippen LogP contribution in [-0.2, 0) is 16.6 Å². The molecule has 0 bridgehead atoms. The van der Waals surface area contributed by atoms with Crippen molar-refractivity contribution < 1.29 is 13.2 Å². The quantitative estimate of drug-likeness (QED) is 0.803. The summed E-state index contributed by atoms with van der Waals surface area (Å²) >= 11 is 13.0. The second kappa shape index (κ2) is 7.63. The standard InChI is InChI=1S/C16H16Cl2N2O3S2/c17-12-7-11(8-13(18)9-12)16(21)19-10-14-3-4-15(24-14)25(22,23)20-5-1-2-6-20/h3-4,7-9H,1-2,5-6,10H2,(H,19,21). The summed E-state index contributed by atoms with van der Waals surface area (Å²) in [5.41, 5.74) is 0.360. The molecule has 1 aliphatic heterocycles. The van der Waals surface area contributed by atoms with Crippen molar-refractivity contribution in [1.82, 2.24) is 9.62 Å². The third-order valence-electron chi connectivity index (χ3n) is 3.84. The van der Waals surface area contributed by atoms with E-state index < -0.39 is 10.0 Å². The highest BCUT2D eigenvalue weighted by Gasteiger charge is 2.28. The molecule has 0 atom stereocenters. The molecule has 5 nitrogen and oxygen atoms in total. The first-order valence-corrected chi connectivity index (χ1v) is 10.7. The SMILES string of the molecule is O=C(NCc1ccc(S(=O)(=O)N2CCCC2)s1)c1cc(Cl)cc(Cl)c1. The molecule has 1 amide bonds. The predicted octanol–water partition coefficient (Wildman–Crippen LogP) is 3.77. The number of nitrogens with one attached hydrogen (secondary N) is 1. The van der Waals surface area contributed by atoms with Gasteiger partial charge in [0, 0.05) is 33.6 Å². The van der Waals surface area contributed by atoms with E-state index in [2.05, 4.69) is 5.32 Å². The van der Waals surface area contributed by atoms with Gasteiger partial charge in [0.15, 0.2) is 0 Å². The Morgan fingerprint density at radius 1 is 1.12 bits per heavy atom. The third-order valence-corrected chi connectivity index (χ3v) is 7.73. The molecule has 1 saturated heterocycles. The summed E-state index contributed by atoms with van der Waals surface area (Å²) in [5.74, 6) is -0.318. The second-order valence-corrected chi connectivity index (χ2v) is 9.88. The van der Waals surface area contributed by atoms with Gasteiger partial charge in [0.25, 0.3) is 15.9 Å². The average Bonchev–Trinajstić information content (AvgIpc) is 3.23. The van der Waals surface area contributed by atoms with Crippen LogP contribution >= 0.6 is 34.5 Å². The molecule has 0 saturated carbocycles. The number of nitrogens with zero attached hydrogens (tertiary/aromatic N) is 1. The number of carbonyl (C=O) groups is 1. The van der Waals surface area contributed by atoms with Gasteiger partial charge in [-0.25, -0.2) is 8.42 Å². The van der Waals surface area contributed by atoms with E-state index in [1.807, 2.05) is 0 Å². The van der Waals surface area contributed by atoms with Crippen molar-refractivity contribution in [3.63, 3.8) is 0 Å². The van der Waals surface area contributed by atoms with Crippen LogP contribution in [0.1, 0.15) is 28.1 Å². The Hall–Kier alpha value is -1.12. The summed E-state index contributed by atoms with van der Waals surface area (Å²) in [5, 5.41) is 3.51. The number of benzene rings is 1. The van der Waals surface area contributed by atoms with E-state index in [9.17, 15) is 13.2 Å². The van der Waals surface area contributed by atoms with Gasteiger partial charge in [-0.1, -0.05) is 23.2 Å². The van der Waals surface area contributed by atoms with Gasteiger partial charge in [0.1, 0.15) is 4.21 Å². The number of sulfonamides is 1. The Bertz CT molecular complexity index is 870. The molecule has 1 N–H and O–H groups in total. The molecule has 0 unspecified atom stereocenters. The Morgan fingerprint density at radius 3 is 2.40 bits per heavy atom. The van der Waals surface area contributed by atoms with Gasteiger partial charge >= 0.3 is 0 Å². The molecule has 25 heavy (non-hydrogen) atoms. The van der Waals surface area contributed by atoms with E-state index in [1.54, 1.807) is 18.2 Å². The first-order valence-electron chi connectivity index (χ1n) is 7.69. The number of carbonyl (C=O) groups excluding carboxylic acids is 1. The van der Waals surface area contributed by atoms with E-state index >= 15 is 0 Å². The van der Waals surface area contributed by atoms with Gasteiger partial charge in [-0.15, -0.1) is 11.3 Å². The van der Waals surface area contributed by atoms with Gasteiger partial charge in [-0.2, -0.15) is 4.31 Å². The molecule has 1 fully saturated rings. The highest BCUT2D eigenvalue weighted by molar-refractivity contribution is 7.91. The topological polar surface area (TPSA) is 66.5 Å². The molecular formula is C16H16Cl2N2O3S2. The van der Waals surface area contributed by atoms with Crippen LogP contribution in [0.2, 0.25) is 10.0 Å². The fourth-order valence-electron chi connectivity index (χ4n) is 2.60. The van der Waals surface area contributed by atoms with Crippen LogP contribution in [0.5, 0.6) is 0 Å². The first kappa shape index (κ1) is 18.7. The minimum Gasteiger partial charge on any atom is -0.347 e. The highest BCUT2D eigenvalue weighted by Crippen LogP contribution is 2.27. The molecule has 0 aliphatic carbocycles. The van der Waals surface area contributed by atoms with E-state index in [0.717, 1.165) is 17.7 Å². The first-order chi connectivity index (χ1) is 11.9. The number of rotatable bonds is 5. The second-order valence-electron chi connectivity index (χ2n) is 5.67. The Balaban J connectivity index is 1.66. The van der Waals surface area contributed by atoms with Crippen LogP contribution in [0.25, 0.3) is 0 Å². The predicted molar refractivity (Wildman–Crippen MR) is 99.9 cm³/mol. The molecule has 1 aromatic carbocycles. The van der Waals surface area contributed by atoms with Gasteiger partial charge < -0.3 is 5.32 Å². The zero-order chi connectivity index (χ0) is 18.0. The molecule has 134 valence electrons. The molecular weight excluding hydrogens is 403 g/mol. The molecule has 2 heterocycles. The summed E-state index contributed by atoms with van der Waals surface area (Å²) in [7, 11) is -3.42. The van der Waals surface area contributed by atoms with Crippen LogP contribution in [0.15, 0.2) is 34.5 Å². The number of amides is 1. The van der Waals surface area contributed by atoms with Crippen LogP contribution < -0.4 is 5.32 Å². The van der Waals surface area contributed by atoms with Crippen LogP contribution in [0.4, 0.5) is 0 Å². The van der Waals surface area contributed by atoms with Crippen LogP contribution in [0, 0.1) is 0 Å². The lowest BCUT2D eigenvalue weighted by molar-refractivity contribution is 0.0951. The van der Waals surface area contributed by atoms with Crippen molar-refractivity contribution in [2.45, 2.75) is 23.6 Å². The fraction of sp³-hybridized carbons (Fsp3) is 0.312. The Labute approximate surface area is 160 Å². The zero-order valence-electron chi connectivity index (χ0n) is 13.2. The molecule has 2 aromatic rings. The van der Waals surface area contributed by atoms with Crippen molar-refractivity contribution in [2.75, 3.05) is 13.1 Å². The lowest BCUT2D eigenvalue weighted by atomic mass is 10.2. The zero-order valence-corrected chi connectivity index (χ0v) is 16.3. The summed E-state index contributed by atoms with van der Waals surface area (Å²) in [4.78, 5) is 12.9. The third kappa shape index (κ3) is 4.35. The minimum atomic E-state index is -3.42. The van der Waals surface area contributed by atoms with Crippen LogP contribution in [-0.4, -0.2) is 31.7 Å². The van der Waals surface area contributed by atoms with Gasteiger partial charge in [-0.05, 0) is 43.2 Å². The summed E-state index contributed by atoms with van der Waals surface area (Å²) in [6.07, 6.45) is 1.80. The Morgan fingerprint density at radius 2 is 1.76 bits per heavy atom. The molecule has 0 spiro atoms. The van der Waals surface area contributed by atoms with Gasteiger partial charge in [0.2, 0.25) is 0 Å². The molecule has 1 aromatic heterocycles. The molecule has 1 aliphatic rings. The molecule has 9 heteroatoms. The van der Waals surface area contributed by atoms with E-state index in [0.29, 0.717) is 32.9 Å². The molecule has 0 radical (unpaired) electrons. The fourth-order valence-corrected chi connectivity index (χ4v) is 6.09. The average molecular weight is 419 g/mol. The van der Waals surface area contributed by atoms with Crippen molar-refractivity contribution in [3.8, 4) is 0 Å². The highest BCUT2D eigenvalue weighted by atomic mass is 35.5. The number of hydrogen-bond acceptors (Lipinski definition) is 4. The van der Waals surface area contributed by atoms with Gasteiger partial charge in [0.05, 0.1) is 6.54 Å². The maximum absolute atomic E-state index is 12.5. The normalized spacial score (nSPS) is 15.4. The lowest BCUT2D eigenvalue weighted by Crippen LogP contribution is -2.27. The minimum absolute atomic E-state index is 0.239. The molecule has 3 rings (SSSR count). The summed E-state index contributed by atoms with van der Waals surface area (Å²) < 4.78 is 26.8. The van der Waals surface area contributed by atoms with E-state index in [4.69, 9.17) is 23.2 Å². The van der Waals surface area contributed by atoms with E-state index in [1.165, 1.54) is 27.8 Å².